The molecule has 104 valence electrons. The number of carbonyl (C=O) groups is 1. The van der Waals surface area contributed by atoms with Gasteiger partial charge in [-0.25, -0.2) is 4.79 Å². The van der Waals surface area contributed by atoms with Crippen LogP contribution in [0.2, 0.25) is 0 Å². The fourth-order valence-corrected chi connectivity index (χ4v) is 2.44. The van der Waals surface area contributed by atoms with Crippen LogP contribution in [0.1, 0.15) is 32.3 Å². The molecule has 1 unspecified atom stereocenters. The summed E-state index contributed by atoms with van der Waals surface area (Å²) in [5.74, 6) is 0.495. The lowest BCUT2D eigenvalue weighted by atomic mass is 9.92. The average molecular weight is 326 g/mol. The van der Waals surface area contributed by atoms with E-state index >= 15 is 0 Å². The van der Waals surface area contributed by atoms with E-state index in [1.807, 2.05) is 38.1 Å². The zero-order valence-corrected chi connectivity index (χ0v) is 13.0. The molecule has 1 aliphatic rings. The van der Waals surface area contributed by atoms with Crippen LogP contribution in [-0.4, -0.2) is 19.1 Å². The number of hydrogen-bond donors (Lipinski definition) is 1. The van der Waals surface area contributed by atoms with Crippen LogP contribution in [0, 0.1) is 5.92 Å². The molecule has 0 bridgehead atoms. The molecule has 1 N–H and O–H groups in total. The third-order valence-electron chi connectivity index (χ3n) is 3.53. The van der Waals surface area contributed by atoms with Gasteiger partial charge in [0.25, 0.3) is 0 Å². The van der Waals surface area contributed by atoms with Gasteiger partial charge in [0.05, 0.1) is 6.61 Å². The van der Waals surface area contributed by atoms with Crippen LogP contribution in [0.5, 0.6) is 0 Å². The number of nitrogens with one attached hydrogen (secondary N) is 1. The molecule has 1 aliphatic carbocycles. The minimum absolute atomic E-state index is 0.214. The minimum atomic E-state index is -0.775. The number of hydrogen-bond acceptors (Lipinski definition) is 3. The topological polar surface area (TPSA) is 38.3 Å². The van der Waals surface area contributed by atoms with Crippen molar-refractivity contribution in [2.24, 2.45) is 5.92 Å². The van der Waals surface area contributed by atoms with Crippen molar-refractivity contribution in [3.05, 3.63) is 34.3 Å². The Hall–Kier alpha value is -0.870. The first-order chi connectivity index (χ1) is 9.06. The van der Waals surface area contributed by atoms with Crippen LogP contribution >= 0.6 is 15.9 Å². The van der Waals surface area contributed by atoms with E-state index in [0.717, 1.165) is 16.6 Å². The zero-order chi connectivity index (χ0) is 13.9. The van der Waals surface area contributed by atoms with Crippen LogP contribution in [-0.2, 0) is 15.1 Å². The number of carbonyl (C=O) groups excluding carboxylic acids is 1. The van der Waals surface area contributed by atoms with E-state index in [2.05, 4.69) is 21.2 Å². The lowest BCUT2D eigenvalue weighted by molar-refractivity contribution is -0.151. The van der Waals surface area contributed by atoms with E-state index in [4.69, 9.17) is 4.74 Å². The van der Waals surface area contributed by atoms with Crippen LogP contribution in [0.3, 0.4) is 0 Å². The summed E-state index contributed by atoms with van der Waals surface area (Å²) in [6.07, 6.45) is 2.51. The molecule has 0 aliphatic heterocycles. The predicted molar refractivity (Wildman–Crippen MR) is 78.9 cm³/mol. The van der Waals surface area contributed by atoms with Crippen LogP contribution < -0.4 is 5.32 Å². The molecule has 2 rings (SSSR count). The van der Waals surface area contributed by atoms with Gasteiger partial charge in [0.15, 0.2) is 0 Å². The summed E-state index contributed by atoms with van der Waals surface area (Å²) >= 11 is 3.46. The minimum Gasteiger partial charge on any atom is -0.464 e. The normalized spacial score (nSPS) is 17.8. The SMILES string of the molecule is CCOC(=O)C(C)(NCC1CC1)c1cccc(Br)c1. The first-order valence-corrected chi connectivity index (χ1v) is 7.54. The Labute approximate surface area is 122 Å². The Morgan fingerprint density at radius 1 is 1.53 bits per heavy atom. The number of rotatable bonds is 6. The van der Waals surface area contributed by atoms with Crippen molar-refractivity contribution in [2.75, 3.05) is 13.2 Å². The number of halogens is 1. The van der Waals surface area contributed by atoms with Crippen molar-refractivity contribution >= 4 is 21.9 Å². The van der Waals surface area contributed by atoms with Gasteiger partial charge in [-0.2, -0.15) is 0 Å². The lowest BCUT2D eigenvalue weighted by Crippen LogP contribution is -2.48. The van der Waals surface area contributed by atoms with E-state index in [1.165, 1.54) is 12.8 Å². The molecule has 1 fully saturated rings. The number of ether oxygens (including phenoxy) is 1. The molecule has 0 saturated heterocycles. The molecular weight excluding hydrogens is 306 g/mol. The molecule has 1 aromatic rings. The summed E-state index contributed by atoms with van der Waals surface area (Å²) in [7, 11) is 0. The van der Waals surface area contributed by atoms with Crippen LogP contribution in [0.4, 0.5) is 0 Å². The Morgan fingerprint density at radius 2 is 2.26 bits per heavy atom. The standard InChI is InChI=1S/C15H20BrNO2/c1-3-19-14(18)15(2,17-10-11-7-8-11)12-5-4-6-13(16)9-12/h4-6,9,11,17H,3,7-8,10H2,1-2H3. The van der Waals surface area contributed by atoms with Crippen molar-refractivity contribution < 1.29 is 9.53 Å². The van der Waals surface area contributed by atoms with E-state index in [1.54, 1.807) is 0 Å². The molecule has 0 radical (unpaired) electrons. The van der Waals surface area contributed by atoms with Crippen molar-refractivity contribution in [1.82, 2.24) is 5.32 Å². The van der Waals surface area contributed by atoms with Gasteiger partial charge < -0.3 is 4.74 Å². The molecule has 0 amide bonds. The van der Waals surface area contributed by atoms with Crippen molar-refractivity contribution in [3.63, 3.8) is 0 Å². The lowest BCUT2D eigenvalue weighted by Gasteiger charge is -2.29. The molecule has 1 aromatic carbocycles. The van der Waals surface area contributed by atoms with E-state index in [9.17, 15) is 4.79 Å². The maximum absolute atomic E-state index is 12.3. The molecule has 4 heteroatoms. The summed E-state index contributed by atoms with van der Waals surface area (Å²) in [5.41, 5.74) is 0.156. The summed E-state index contributed by atoms with van der Waals surface area (Å²) in [6.45, 7) is 4.99. The monoisotopic (exact) mass is 325 g/mol. The Balaban J connectivity index is 2.22. The largest absolute Gasteiger partial charge is 0.464 e. The summed E-state index contributed by atoms with van der Waals surface area (Å²) in [6, 6.07) is 7.82. The average Bonchev–Trinajstić information content (AvgIpc) is 3.20. The fraction of sp³-hybridized carbons (Fsp3) is 0.533. The highest BCUT2D eigenvalue weighted by Crippen LogP contribution is 2.31. The molecule has 0 heterocycles. The third-order valence-corrected chi connectivity index (χ3v) is 4.02. The molecule has 3 nitrogen and oxygen atoms in total. The first kappa shape index (κ1) is 14.5. The second-order valence-corrected chi connectivity index (χ2v) is 6.10. The smallest absolute Gasteiger partial charge is 0.330 e. The molecule has 1 saturated carbocycles. The highest BCUT2D eigenvalue weighted by atomic mass is 79.9. The highest BCUT2D eigenvalue weighted by Gasteiger charge is 2.38. The Kier molecular flexibility index (Phi) is 4.63. The molecule has 0 aromatic heterocycles. The molecule has 19 heavy (non-hydrogen) atoms. The van der Waals surface area contributed by atoms with Gasteiger partial charge in [-0.1, -0.05) is 28.1 Å². The number of esters is 1. The molecule has 1 atom stereocenters. The van der Waals surface area contributed by atoms with Crippen LogP contribution in [0.25, 0.3) is 0 Å². The van der Waals surface area contributed by atoms with Gasteiger partial charge in [0.2, 0.25) is 0 Å². The van der Waals surface area contributed by atoms with Crippen molar-refractivity contribution in [1.29, 1.82) is 0 Å². The van der Waals surface area contributed by atoms with Gasteiger partial charge >= 0.3 is 5.97 Å². The fourth-order valence-electron chi connectivity index (χ4n) is 2.04. The third kappa shape index (κ3) is 3.57. The molecular formula is C15H20BrNO2. The Bertz CT molecular complexity index is 459. The first-order valence-electron chi connectivity index (χ1n) is 6.74. The Morgan fingerprint density at radius 3 is 2.84 bits per heavy atom. The van der Waals surface area contributed by atoms with Gasteiger partial charge in [-0.05, 0) is 56.8 Å². The quantitative estimate of drug-likeness (QED) is 0.816. The van der Waals surface area contributed by atoms with E-state index in [-0.39, 0.29) is 5.97 Å². The maximum atomic E-state index is 12.3. The van der Waals surface area contributed by atoms with Crippen molar-refractivity contribution in [3.8, 4) is 0 Å². The second-order valence-electron chi connectivity index (χ2n) is 5.18. The summed E-state index contributed by atoms with van der Waals surface area (Å²) < 4.78 is 6.20. The molecule has 0 spiro atoms. The zero-order valence-electron chi connectivity index (χ0n) is 11.4. The summed E-state index contributed by atoms with van der Waals surface area (Å²) in [4.78, 5) is 12.3. The van der Waals surface area contributed by atoms with E-state index in [0.29, 0.717) is 12.5 Å². The van der Waals surface area contributed by atoms with Gasteiger partial charge in [0.1, 0.15) is 5.54 Å². The number of benzene rings is 1. The van der Waals surface area contributed by atoms with Gasteiger partial charge in [-0.15, -0.1) is 0 Å². The van der Waals surface area contributed by atoms with Gasteiger partial charge in [0, 0.05) is 4.47 Å². The van der Waals surface area contributed by atoms with Gasteiger partial charge in [-0.3, -0.25) is 5.32 Å². The second kappa shape index (κ2) is 6.06. The van der Waals surface area contributed by atoms with E-state index < -0.39 is 5.54 Å². The van der Waals surface area contributed by atoms with Crippen LogP contribution in [0.15, 0.2) is 28.7 Å². The predicted octanol–water partition coefficient (Wildman–Crippen LogP) is 3.23. The maximum Gasteiger partial charge on any atom is 0.330 e. The van der Waals surface area contributed by atoms with Crippen molar-refractivity contribution in [2.45, 2.75) is 32.2 Å². The summed E-state index contributed by atoms with van der Waals surface area (Å²) in [5, 5.41) is 3.39. The highest BCUT2D eigenvalue weighted by molar-refractivity contribution is 9.10.